The Hall–Kier alpha value is -4.02. The normalized spacial score (nSPS) is 11.6. The van der Waals surface area contributed by atoms with Crippen molar-refractivity contribution in [2.75, 3.05) is 16.0 Å². The van der Waals surface area contributed by atoms with Gasteiger partial charge in [-0.25, -0.2) is 9.37 Å². The maximum atomic E-state index is 14.6. The molecule has 0 saturated heterocycles. The molecule has 0 amide bonds. The number of aliphatic hydroxyl groups excluding tert-OH is 1. The number of nitrogens with one attached hydrogen (secondary N) is 3. The fourth-order valence-corrected chi connectivity index (χ4v) is 3.16. The van der Waals surface area contributed by atoms with Gasteiger partial charge in [0.15, 0.2) is 0 Å². The van der Waals surface area contributed by atoms with Crippen molar-refractivity contribution >= 4 is 40.4 Å². The zero-order valence-corrected chi connectivity index (χ0v) is 18.3. The number of aliphatic hydroxyl groups is 1. The van der Waals surface area contributed by atoms with Gasteiger partial charge in [0.1, 0.15) is 17.9 Å². The van der Waals surface area contributed by atoms with Gasteiger partial charge in [0.05, 0.1) is 22.6 Å². The van der Waals surface area contributed by atoms with Crippen LogP contribution in [0.3, 0.4) is 0 Å². The topological polar surface area (TPSA) is 113 Å². The molecule has 0 saturated carbocycles. The lowest BCUT2D eigenvalue weighted by molar-refractivity contribution is 0.253. The summed E-state index contributed by atoms with van der Waals surface area (Å²) in [7, 11) is 1.79. The molecule has 0 aliphatic rings. The van der Waals surface area contributed by atoms with E-state index in [0.29, 0.717) is 33.3 Å². The molecule has 11 heteroatoms. The first-order valence-electron chi connectivity index (χ1n) is 9.78. The first-order valence-corrected chi connectivity index (χ1v) is 10.2. The molecule has 3 heterocycles. The van der Waals surface area contributed by atoms with Crippen LogP contribution in [-0.2, 0) is 7.05 Å². The molecule has 168 valence electrons. The van der Waals surface area contributed by atoms with Crippen molar-refractivity contribution in [3.63, 3.8) is 0 Å². The van der Waals surface area contributed by atoms with Crippen molar-refractivity contribution in [1.82, 2.24) is 24.7 Å². The highest BCUT2D eigenvalue weighted by molar-refractivity contribution is 6.30. The van der Waals surface area contributed by atoms with Gasteiger partial charge in [0.25, 0.3) is 0 Å². The van der Waals surface area contributed by atoms with E-state index in [4.69, 9.17) is 11.6 Å². The summed E-state index contributed by atoms with van der Waals surface area (Å²) >= 11 is 6.11. The van der Waals surface area contributed by atoms with E-state index >= 15 is 0 Å². The molecule has 0 spiro atoms. The molecular weight excluding hydrogens is 447 g/mol. The summed E-state index contributed by atoms with van der Waals surface area (Å²) in [5, 5.41) is 23.2. The van der Waals surface area contributed by atoms with Gasteiger partial charge < -0.3 is 21.1 Å². The van der Waals surface area contributed by atoms with Crippen LogP contribution in [0.2, 0.25) is 5.02 Å². The van der Waals surface area contributed by atoms with Crippen LogP contribution in [0.25, 0.3) is 11.1 Å². The predicted molar refractivity (Wildman–Crippen MR) is 126 cm³/mol. The third-order valence-corrected chi connectivity index (χ3v) is 4.73. The van der Waals surface area contributed by atoms with Crippen molar-refractivity contribution < 1.29 is 9.50 Å². The van der Waals surface area contributed by atoms with Gasteiger partial charge in [-0.2, -0.15) is 10.1 Å². The number of hydrogen-bond acceptors (Lipinski definition) is 8. The van der Waals surface area contributed by atoms with Crippen molar-refractivity contribution in [3.8, 4) is 11.1 Å². The number of rotatable bonds is 8. The van der Waals surface area contributed by atoms with E-state index in [1.807, 2.05) is 0 Å². The maximum Gasteiger partial charge on any atom is 0.229 e. The van der Waals surface area contributed by atoms with Crippen molar-refractivity contribution in [1.29, 1.82) is 0 Å². The summed E-state index contributed by atoms with van der Waals surface area (Å²) in [6.07, 6.45) is 8.45. The van der Waals surface area contributed by atoms with Crippen molar-refractivity contribution in [3.05, 3.63) is 78.7 Å². The van der Waals surface area contributed by atoms with Crippen molar-refractivity contribution in [2.24, 2.45) is 7.05 Å². The molecule has 0 aliphatic carbocycles. The van der Waals surface area contributed by atoms with Crippen LogP contribution in [0.5, 0.6) is 0 Å². The van der Waals surface area contributed by atoms with Crippen LogP contribution in [0, 0.1) is 5.82 Å². The molecule has 0 fully saturated rings. The minimum Gasteiger partial charge on any atom is -0.370 e. The van der Waals surface area contributed by atoms with Gasteiger partial charge >= 0.3 is 0 Å². The average Bonchev–Trinajstić information content (AvgIpc) is 3.20. The molecule has 9 nitrogen and oxygen atoms in total. The van der Waals surface area contributed by atoms with Crippen LogP contribution >= 0.6 is 11.6 Å². The van der Waals surface area contributed by atoms with Gasteiger partial charge in [-0.05, 0) is 30.3 Å². The SMILES string of the molecule is C=CC(O)Nc1ccc(F)c(Nc2nc(Nc3cnn(C)c3)ncc2-c2cncc(Cl)c2)c1. The van der Waals surface area contributed by atoms with E-state index < -0.39 is 12.0 Å². The summed E-state index contributed by atoms with van der Waals surface area (Å²) in [5.74, 6) is 0.0889. The summed E-state index contributed by atoms with van der Waals surface area (Å²) in [6, 6.07) is 6.00. The van der Waals surface area contributed by atoms with E-state index in [1.165, 1.54) is 30.5 Å². The quantitative estimate of drug-likeness (QED) is 0.222. The molecule has 0 aliphatic heterocycles. The summed E-state index contributed by atoms with van der Waals surface area (Å²) < 4.78 is 16.3. The Balaban J connectivity index is 1.73. The number of benzene rings is 1. The standard InChI is InChI=1S/C22H20ClFN8O/c1-3-20(33)28-15-4-5-18(24)19(7-15)30-21-17(13-6-14(23)9-25-8-13)11-26-22(31-21)29-16-10-27-32(2)12-16/h3-12,20,28,33H,1H2,2H3,(H2,26,29,30,31). The van der Waals surface area contributed by atoms with E-state index in [9.17, 15) is 9.50 Å². The lowest BCUT2D eigenvalue weighted by atomic mass is 10.1. The number of halogens is 2. The number of hydrogen-bond donors (Lipinski definition) is 4. The third-order valence-electron chi connectivity index (χ3n) is 4.52. The zero-order chi connectivity index (χ0) is 23.4. The van der Waals surface area contributed by atoms with E-state index in [2.05, 4.69) is 42.6 Å². The van der Waals surface area contributed by atoms with Crippen molar-refractivity contribution in [2.45, 2.75) is 6.23 Å². The third kappa shape index (κ3) is 5.43. The molecule has 0 bridgehead atoms. The minimum atomic E-state index is -0.981. The van der Waals surface area contributed by atoms with Gasteiger partial charge in [-0.3, -0.25) is 9.67 Å². The monoisotopic (exact) mass is 466 g/mol. The van der Waals surface area contributed by atoms with Crippen LogP contribution in [0.4, 0.5) is 33.2 Å². The lowest BCUT2D eigenvalue weighted by Crippen LogP contribution is -2.15. The smallest absolute Gasteiger partial charge is 0.229 e. The first kappa shape index (κ1) is 22.2. The van der Waals surface area contributed by atoms with Gasteiger partial charge in [-0.15, -0.1) is 0 Å². The highest BCUT2D eigenvalue weighted by Crippen LogP contribution is 2.32. The molecule has 33 heavy (non-hydrogen) atoms. The Morgan fingerprint density at radius 3 is 2.73 bits per heavy atom. The average molecular weight is 467 g/mol. The molecule has 4 aromatic rings. The molecular formula is C22H20ClFN8O. The molecule has 4 rings (SSSR count). The molecule has 1 aromatic carbocycles. The summed E-state index contributed by atoms with van der Waals surface area (Å²) in [4.78, 5) is 13.0. The molecule has 4 N–H and O–H groups in total. The van der Waals surface area contributed by atoms with Crippen LogP contribution in [0.15, 0.2) is 67.9 Å². The molecule has 1 atom stereocenters. The van der Waals surface area contributed by atoms with E-state index in [0.717, 1.165) is 0 Å². The van der Waals surface area contributed by atoms with Gasteiger partial charge in [-0.1, -0.05) is 18.2 Å². The lowest BCUT2D eigenvalue weighted by Gasteiger charge is -2.15. The predicted octanol–water partition coefficient (Wildman–Crippen LogP) is 4.47. The number of pyridine rings is 1. The number of anilines is 5. The summed E-state index contributed by atoms with van der Waals surface area (Å²) in [5.41, 5.74) is 2.52. The molecule has 0 radical (unpaired) electrons. The Bertz CT molecular complexity index is 1300. The summed E-state index contributed by atoms with van der Waals surface area (Å²) in [6.45, 7) is 3.51. The fraction of sp³-hybridized carbons (Fsp3) is 0.0909. The second-order valence-corrected chi connectivity index (χ2v) is 7.46. The Morgan fingerprint density at radius 1 is 1.15 bits per heavy atom. The Morgan fingerprint density at radius 2 is 2.00 bits per heavy atom. The number of aryl methyl sites for hydroxylation is 1. The minimum absolute atomic E-state index is 0.138. The molecule has 1 unspecified atom stereocenters. The first-order chi connectivity index (χ1) is 15.9. The Labute approximate surface area is 194 Å². The zero-order valence-electron chi connectivity index (χ0n) is 17.5. The van der Waals surface area contributed by atoms with Gasteiger partial charge in [0, 0.05) is 48.6 Å². The number of aromatic nitrogens is 5. The molecule has 3 aromatic heterocycles. The second-order valence-electron chi connectivity index (χ2n) is 7.02. The van der Waals surface area contributed by atoms with Crippen LogP contribution in [0.1, 0.15) is 0 Å². The van der Waals surface area contributed by atoms with E-state index in [-0.39, 0.29) is 11.6 Å². The van der Waals surface area contributed by atoms with Crippen LogP contribution < -0.4 is 16.0 Å². The maximum absolute atomic E-state index is 14.6. The van der Waals surface area contributed by atoms with Gasteiger partial charge in [0.2, 0.25) is 5.95 Å². The largest absolute Gasteiger partial charge is 0.370 e. The van der Waals surface area contributed by atoms with Crippen LogP contribution in [-0.4, -0.2) is 36.1 Å². The van der Waals surface area contributed by atoms with E-state index in [1.54, 1.807) is 42.6 Å². The highest BCUT2D eigenvalue weighted by atomic mass is 35.5. The number of nitrogens with zero attached hydrogens (tertiary/aromatic N) is 5. The Kier molecular flexibility index (Phi) is 6.48. The highest BCUT2D eigenvalue weighted by Gasteiger charge is 2.14. The fourth-order valence-electron chi connectivity index (χ4n) is 2.99. The second kappa shape index (κ2) is 9.63.